The van der Waals surface area contributed by atoms with Crippen LogP contribution < -0.4 is 15.0 Å². The average Bonchev–Trinajstić information content (AvgIpc) is 2.68. The normalized spacial score (nSPS) is 13.8. The van der Waals surface area contributed by atoms with Crippen LogP contribution in [0.5, 0.6) is 5.75 Å². The number of fused-ring (bicyclic) bond motifs is 1. The highest BCUT2D eigenvalue weighted by Gasteiger charge is 2.20. The van der Waals surface area contributed by atoms with Crippen LogP contribution in [0.25, 0.3) is 0 Å². The Morgan fingerprint density at radius 2 is 2.22 bits per heavy atom. The number of carbonyl (C=O) groups excluding carboxylic acids is 2. The number of ether oxygens (including phenoxy) is 1. The third-order valence-corrected chi connectivity index (χ3v) is 3.63. The number of amides is 2. The maximum absolute atomic E-state index is 12.1. The Kier molecular flexibility index (Phi) is 4.23. The minimum Gasteiger partial charge on any atom is -0.491 e. The summed E-state index contributed by atoms with van der Waals surface area (Å²) in [7, 11) is 1.72. The van der Waals surface area contributed by atoms with E-state index in [1.165, 1.54) is 0 Å². The Balaban J connectivity index is 1.75. The van der Waals surface area contributed by atoms with Crippen molar-refractivity contribution >= 4 is 23.3 Å². The van der Waals surface area contributed by atoms with Gasteiger partial charge in [-0.1, -0.05) is 12.1 Å². The number of anilines is 2. The quantitative estimate of drug-likeness (QED) is 0.941. The van der Waals surface area contributed by atoms with Crippen LogP contribution >= 0.6 is 0 Å². The van der Waals surface area contributed by atoms with E-state index in [0.717, 1.165) is 5.56 Å². The van der Waals surface area contributed by atoms with Gasteiger partial charge >= 0.3 is 0 Å². The number of hydrogen-bond donors (Lipinski definition) is 1. The van der Waals surface area contributed by atoms with Gasteiger partial charge < -0.3 is 15.0 Å². The van der Waals surface area contributed by atoms with Crippen LogP contribution in [-0.2, 0) is 16.0 Å². The number of rotatable bonds is 3. The van der Waals surface area contributed by atoms with Crippen molar-refractivity contribution in [3.63, 3.8) is 0 Å². The topological polar surface area (TPSA) is 71.5 Å². The van der Waals surface area contributed by atoms with Crippen LogP contribution in [0.15, 0.2) is 42.6 Å². The Labute approximate surface area is 134 Å². The van der Waals surface area contributed by atoms with Crippen molar-refractivity contribution in [3.8, 4) is 5.75 Å². The zero-order chi connectivity index (χ0) is 16.2. The predicted octanol–water partition coefficient (Wildman–Crippen LogP) is 2.01. The van der Waals surface area contributed by atoms with Gasteiger partial charge in [0.15, 0.2) is 0 Å². The summed E-state index contributed by atoms with van der Waals surface area (Å²) in [4.78, 5) is 29.6. The molecule has 0 saturated carbocycles. The Hall–Kier alpha value is -2.89. The summed E-state index contributed by atoms with van der Waals surface area (Å²) in [6.45, 7) is 0.371. The van der Waals surface area contributed by atoms with Gasteiger partial charge in [-0.05, 0) is 29.8 Å². The average molecular weight is 311 g/mol. The summed E-state index contributed by atoms with van der Waals surface area (Å²) in [5.41, 5.74) is 1.50. The Morgan fingerprint density at radius 3 is 3.00 bits per heavy atom. The van der Waals surface area contributed by atoms with E-state index in [9.17, 15) is 9.59 Å². The van der Waals surface area contributed by atoms with Crippen LogP contribution in [0, 0.1) is 0 Å². The zero-order valence-electron chi connectivity index (χ0n) is 12.8. The molecule has 0 atom stereocenters. The third-order valence-electron chi connectivity index (χ3n) is 3.63. The van der Waals surface area contributed by atoms with E-state index in [1.807, 2.05) is 18.2 Å². The molecule has 0 radical (unpaired) electrons. The van der Waals surface area contributed by atoms with Crippen molar-refractivity contribution in [2.45, 2.75) is 12.8 Å². The molecule has 0 aliphatic carbocycles. The molecule has 6 heteroatoms. The molecule has 0 bridgehead atoms. The number of aromatic nitrogens is 1. The lowest BCUT2D eigenvalue weighted by molar-refractivity contribution is -0.118. The van der Waals surface area contributed by atoms with Gasteiger partial charge in [0.2, 0.25) is 11.8 Å². The molecule has 1 aliphatic rings. The van der Waals surface area contributed by atoms with E-state index in [1.54, 1.807) is 36.3 Å². The molecule has 2 amide bonds. The molecule has 0 spiro atoms. The number of pyridine rings is 1. The summed E-state index contributed by atoms with van der Waals surface area (Å²) < 4.78 is 5.57. The van der Waals surface area contributed by atoms with Gasteiger partial charge in [0, 0.05) is 13.2 Å². The zero-order valence-corrected chi connectivity index (χ0v) is 12.8. The third kappa shape index (κ3) is 3.48. The molecule has 0 unspecified atom stereocenters. The summed E-state index contributed by atoms with van der Waals surface area (Å²) in [5, 5.41) is 2.74. The number of nitrogens with one attached hydrogen (secondary N) is 1. The lowest BCUT2D eigenvalue weighted by Crippen LogP contribution is -2.25. The van der Waals surface area contributed by atoms with Gasteiger partial charge in [0.05, 0.1) is 25.1 Å². The highest BCUT2D eigenvalue weighted by Crippen LogP contribution is 2.31. The smallest absolute Gasteiger partial charge is 0.230 e. The molecule has 3 rings (SSSR count). The fourth-order valence-electron chi connectivity index (χ4n) is 2.42. The van der Waals surface area contributed by atoms with Crippen molar-refractivity contribution in [2.24, 2.45) is 0 Å². The molecule has 1 aliphatic heterocycles. The minimum atomic E-state index is -0.160. The first-order valence-electron chi connectivity index (χ1n) is 7.36. The van der Waals surface area contributed by atoms with Crippen LogP contribution in [0.1, 0.15) is 12.0 Å². The van der Waals surface area contributed by atoms with E-state index in [0.29, 0.717) is 30.3 Å². The highest BCUT2D eigenvalue weighted by molar-refractivity contribution is 5.96. The van der Waals surface area contributed by atoms with Crippen molar-refractivity contribution in [3.05, 3.63) is 48.2 Å². The van der Waals surface area contributed by atoms with Gasteiger partial charge in [-0.25, -0.2) is 4.98 Å². The lowest BCUT2D eigenvalue weighted by Gasteiger charge is -2.17. The lowest BCUT2D eigenvalue weighted by atomic mass is 10.1. The standard InChI is InChI=1S/C17H17N3O3/c1-20-13-10-12(5-6-14(13)23-9-7-17(20)22)11-16(21)19-15-4-2-3-8-18-15/h2-6,8,10H,7,9,11H2,1H3,(H,18,19,21). The van der Waals surface area contributed by atoms with Crippen molar-refractivity contribution in [2.75, 3.05) is 23.9 Å². The Morgan fingerprint density at radius 1 is 1.35 bits per heavy atom. The first kappa shape index (κ1) is 15.0. The van der Waals surface area contributed by atoms with Crippen LogP contribution in [0.3, 0.4) is 0 Å². The molecular weight excluding hydrogens is 294 g/mol. The number of benzene rings is 1. The second-order valence-electron chi connectivity index (χ2n) is 5.29. The van der Waals surface area contributed by atoms with Crippen LogP contribution in [0.2, 0.25) is 0 Å². The molecule has 1 aromatic heterocycles. The molecule has 0 saturated heterocycles. The van der Waals surface area contributed by atoms with Crippen molar-refractivity contribution in [1.29, 1.82) is 0 Å². The SMILES string of the molecule is CN1C(=O)CCOc2ccc(CC(=O)Nc3ccccn3)cc21. The van der Waals surface area contributed by atoms with Crippen molar-refractivity contribution in [1.82, 2.24) is 4.98 Å². The maximum atomic E-state index is 12.1. The van der Waals surface area contributed by atoms with Gasteiger partial charge in [-0.3, -0.25) is 9.59 Å². The van der Waals surface area contributed by atoms with E-state index >= 15 is 0 Å². The van der Waals surface area contributed by atoms with Crippen LogP contribution in [0.4, 0.5) is 11.5 Å². The van der Waals surface area contributed by atoms with Gasteiger partial charge in [0.25, 0.3) is 0 Å². The fourth-order valence-corrected chi connectivity index (χ4v) is 2.42. The van der Waals surface area contributed by atoms with Crippen LogP contribution in [-0.4, -0.2) is 30.5 Å². The van der Waals surface area contributed by atoms with Gasteiger partial charge in [-0.15, -0.1) is 0 Å². The number of hydrogen-bond acceptors (Lipinski definition) is 4. The minimum absolute atomic E-state index is 0.00108. The van der Waals surface area contributed by atoms with E-state index in [4.69, 9.17) is 4.74 Å². The Bertz CT molecular complexity index is 731. The monoisotopic (exact) mass is 311 g/mol. The molecule has 0 fully saturated rings. The molecule has 1 aromatic carbocycles. The van der Waals surface area contributed by atoms with E-state index in [2.05, 4.69) is 10.3 Å². The molecular formula is C17H17N3O3. The summed E-state index contributed by atoms with van der Waals surface area (Å²) >= 11 is 0. The molecule has 118 valence electrons. The van der Waals surface area contributed by atoms with Gasteiger partial charge in [-0.2, -0.15) is 0 Å². The van der Waals surface area contributed by atoms with E-state index < -0.39 is 0 Å². The summed E-state index contributed by atoms with van der Waals surface area (Å²) in [5.74, 6) is 1.01. The second kappa shape index (κ2) is 6.48. The largest absolute Gasteiger partial charge is 0.491 e. The second-order valence-corrected chi connectivity index (χ2v) is 5.29. The first-order valence-corrected chi connectivity index (χ1v) is 7.36. The molecule has 1 N–H and O–H groups in total. The maximum Gasteiger partial charge on any atom is 0.230 e. The molecule has 2 aromatic rings. The van der Waals surface area contributed by atoms with Crippen molar-refractivity contribution < 1.29 is 14.3 Å². The molecule has 2 heterocycles. The fraction of sp³-hybridized carbons (Fsp3) is 0.235. The first-order chi connectivity index (χ1) is 11.1. The van der Waals surface area contributed by atoms with E-state index in [-0.39, 0.29) is 18.2 Å². The molecule has 23 heavy (non-hydrogen) atoms. The molecule has 6 nitrogen and oxygen atoms in total. The summed E-state index contributed by atoms with van der Waals surface area (Å²) in [6.07, 6.45) is 2.17. The highest BCUT2D eigenvalue weighted by atomic mass is 16.5. The predicted molar refractivity (Wildman–Crippen MR) is 86.5 cm³/mol. The number of nitrogens with zero attached hydrogens (tertiary/aromatic N) is 2. The summed E-state index contributed by atoms with van der Waals surface area (Å²) in [6, 6.07) is 10.8. The number of carbonyl (C=O) groups is 2. The van der Waals surface area contributed by atoms with Gasteiger partial charge in [0.1, 0.15) is 11.6 Å².